The number of thioether (sulfide) groups is 1. The number of carbonyl (C=O) groups excluding carboxylic acids is 4. The molecule has 1 aromatic rings. The number of esters is 1. The normalized spacial score (nSPS) is 19.6. The second-order valence-corrected chi connectivity index (χ2v) is 9.33. The number of aromatic nitrogens is 2. The highest BCUT2D eigenvalue weighted by Gasteiger charge is 2.54. The zero-order valence-corrected chi connectivity index (χ0v) is 20.2. The van der Waals surface area contributed by atoms with Crippen LogP contribution >= 0.6 is 23.3 Å². The Kier molecular flexibility index (Phi) is 8.36. The average molecular weight is 566 g/mol. The predicted octanol–water partition coefficient (Wildman–Crippen LogP) is -0.336. The number of carboxylic acids is 1. The number of fused-ring (bicyclic) bond motifs is 1. The van der Waals surface area contributed by atoms with Crippen LogP contribution in [0.1, 0.15) is 19.2 Å². The molecule has 2 amide bonds. The molecule has 2 atom stereocenters. The van der Waals surface area contributed by atoms with Gasteiger partial charge < -0.3 is 25.7 Å². The van der Waals surface area contributed by atoms with Crippen LogP contribution in [0.2, 0.25) is 0 Å². The van der Waals surface area contributed by atoms with Gasteiger partial charge in [0, 0.05) is 22.9 Å². The Morgan fingerprint density at radius 1 is 1.32 bits per heavy atom. The number of anilines is 1. The standard InChI is InChI=1S/C18H17F3N6O8S2/c1-6(28)2-8(29)34-3-7-4-36-15-10(14(31)27(15)11(7)16(32)33)23-13(30)9(12-24-17(22)37-26-12)25-35-5-18(19,20)21/h10,15H,2-5H2,1H3,(H,23,30)(H,32,33)(H2,22,24,26)/b25-9-/t10-,15-/m1/s1. The first-order chi connectivity index (χ1) is 17.3. The highest BCUT2D eigenvalue weighted by molar-refractivity contribution is 8.00. The summed E-state index contributed by atoms with van der Waals surface area (Å²) in [5, 5.41) is 14.0. The van der Waals surface area contributed by atoms with E-state index in [4.69, 9.17) is 10.5 Å². The molecule has 2 aliphatic rings. The number of β-lactam (4-membered cyclic amide) rings is 1. The summed E-state index contributed by atoms with van der Waals surface area (Å²) in [6.07, 6.45) is -5.25. The smallest absolute Gasteiger partial charge is 0.425 e. The lowest BCUT2D eigenvalue weighted by atomic mass is 10.0. The van der Waals surface area contributed by atoms with E-state index in [9.17, 15) is 42.3 Å². The molecule has 0 unspecified atom stereocenters. The zero-order chi connectivity index (χ0) is 27.5. The van der Waals surface area contributed by atoms with E-state index in [0.717, 1.165) is 16.7 Å². The summed E-state index contributed by atoms with van der Waals surface area (Å²) in [7, 11) is 0. The van der Waals surface area contributed by atoms with Crippen LogP contribution in [-0.4, -0.2) is 91.2 Å². The number of alkyl halides is 3. The molecule has 19 heteroatoms. The Morgan fingerprint density at radius 3 is 2.59 bits per heavy atom. The monoisotopic (exact) mass is 566 g/mol. The van der Waals surface area contributed by atoms with Crippen molar-refractivity contribution in [1.29, 1.82) is 0 Å². The molecule has 0 saturated carbocycles. The molecule has 14 nitrogen and oxygen atoms in total. The fourth-order valence-corrected chi connectivity index (χ4v) is 4.87. The number of nitrogen functional groups attached to an aromatic ring is 1. The summed E-state index contributed by atoms with van der Waals surface area (Å²) in [6.45, 7) is -1.11. The van der Waals surface area contributed by atoms with Crippen molar-refractivity contribution in [2.24, 2.45) is 5.16 Å². The van der Waals surface area contributed by atoms with E-state index in [0.29, 0.717) is 11.5 Å². The number of ether oxygens (including phenoxy) is 1. The van der Waals surface area contributed by atoms with Crippen LogP contribution in [0.5, 0.6) is 0 Å². The summed E-state index contributed by atoms with van der Waals surface area (Å²) in [5.41, 5.74) is 4.31. The number of nitrogens with two attached hydrogens (primary N) is 1. The summed E-state index contributed by atoms with van der Waals surface area (Å²) in [5.74, 6) is -5.27. The van der Waals surface area contributed by atoms with Crippen molar-refractivity contribution in [3.63, 3.8) is 0 Å². The summed E-state index contributed by atoms with van der Waals surface area (Å²) in [4.78, 5) is 68.8. The van der Waals surface area contributed by atoms with Crippen LogP contribution in [0.25, 0.3) is 0 Å². The molecule has 3 heterocycles. The molecule has 0 aliphatic carbocycles. The van der Waals surface area contributed by atoms with Crippen LogP contribution in [0, 0.1) is 0 Å². The van der Waals surface area contributed by atoms with Crippen LogP contribution < -0.4 is 11.1 Å². The van der Waals surface area contributed by atoms with Gasteiger partial charge in [-0.2, -0.15) is 22.5 Å². The van der Waals surface area contributed by atoms with E-state index in [1.54, 1.807) is 0 Å². The highest BCUT2D eigenvalue weighted by atomic mass is 32.2. The van der Waals surface area contributed by atoms with Gasteiger partial charge in [0.05, 0.1) is 0 Å². The van der Waals surface area contributed by atoms with E-state index in [2.05, 4.69) is 24.7 Å². The molecule has 1 saturated heterocycles. The van der Waals surface area contributed by atoms with E-state index in [-0.39, 0.29) is 16.5 Å². The number of hydrogen-bond donors (Lipinski definition) is 3. The number of aliphatic carboxylic acids is 1. The first kappa shape index (κ1) is 27.8. The predicted molar refractivity (Wildman–Crippen MR) is 119 cm³/mol. The number of carboxylic acid groups (broad SMARTS) is 1. The van der Waals surface area contributed by atoms with Gasteiger partial charge in [0.15, 0.2) is 5.13 Å². The number of amides is 2. The fourth-order valence-electron chi connectivity index (χ4n) is 3.11. The minimum atomic E-state index is -4.75. The summed E-state index contributed by atoms with van der Waals surface area (Å²) in [6, 6.07) is -1.28. The SMILES string of the molecule is CC(=O)CC(=O)OCC1=C(C(=O)O)N2C(=O)[C@@H](NC(=O)/C(=N\OCC(F)(F)F)c3nsc(N)n3)[C@H]2SC1. The van der Waals surface area contributed by atoms with Crippen molar-refractivity contribution in [3.05, 3.63) is 17.1 Å². The third-order valence-electron chi connectivity index (χ3n) is 4.59. The van der Waals surface area contributed by atoms with E-state index in [1.807, 2.05) is 0 Å². The van der Waals surface area contributed by atoms with Crippen molar-refractivity contribution >= 4 is 63.7 Å². The minimum Gasteiger partial charge on any atom is -0.477 e. The second kappa shape index (κ2) is 11.1. The maximum atomic E-state index is 12.8. The number of oxime groups is 1. The number of nitrogens with zero attached hydrogens (tertiary/aromatic N) is 4. The highest BCUT2D eigenvalue weighted by Crippen LogP contribution is 2.40. The maximum absolute atomic E-state index is 12.8. The quantitative estimate of drug-likeness (QED) is 0.109. The van der Waals surface area contributed by atoms with Gasteiger partial charge in [-0.25, -0.2) is 4.79 Å². The van der Waals surface area contributed by atoms with Gasteiger partial charge in [-0.05, 0) is 6.92 Å². The molecule has 200 valence electrons. The van der Waals surface area contributed by atoms with Gasteiger partial charge in [-0.15, -0.1) is 11.8 Å². The van der Waals surface area contributed by atoms with Crippen molar-refractivity contribution in [2.45, 2.75) is 30.9 Å². The summed E-state index contributed by atoms with van der Waals surface area (Å²) >= 11 is 1.67. The second-order valence-electron chi connectivity index (χ2n) is 7.44. The first-order valence-corrected chi connectivity index (χ1v) is 11.8. The Labute approximate surface area is 213 Å². The van der Waals surface area contributed by atoms with Crippen LogP contribution in [-0.2, 0) is 33.5 Å². The van der Waals surface area contributed by atoms with Gasteiger partial charge in [0.1, 0.15) is 35.9 Å². The molecule has 1 fully saturated rings. The number of carbonyl (C=O) groups is 5. The minimum absolute atomic E-state index is 0.00435. The number of Topliss-reactive ketones (excluding diaryl/α,β-unsaturated/α-hetero) is 1. The molecule has 3 rings (SSSR count). The first-order valence-electron chi connectivity index (χ1n) is 10.0. The molecule has 0 aromatic carbocycles. The van der Waals surface area contributed by atoms with Gasteiger partial charge in [0.2, 0.25) is 18.1 Å². The molecular weight excluding hydrogens is 549 g/mol. The Morgan fingerprint density at radius 2 is 2.03 bits per heavy atom. The van der Waals surface area contributed by atoms with Crippen LogP contribution in [0.4, 0.5) is 18.3 Å². The van der Waals surface area contributed by atoms with Gasteiger partial charge in [0.25, 0.3) is 11.8 Å². The Hall–Kier alpha value is -3.74. The summed E-state index contributed by atoms with van der Waals surface area (Å²) < 4.78 is 45.9. The number of halogens is 3. The Balaban J connectivity index is 1.75. The maximum Gasteiger partial charge on any atom is 0.425 e. The van der Waals surface area contributed by atoms with Crippen LogP contribution in [0.15, 0.2) is 16.4 Å². The molecule has 37 heavy (non-hydrogen) atoms. The Bertz CT molecular complexity index is 1200. The van der Waals surface area contributed by atoms with Crippen molar-refractivity contribution < 1.29 is 51.8 Å². The van der Waals surface area contributed by atoms with Crippen molar-refractivity contribution in [3.8, 4) is 0 Å². The largest absolute Gasteiger partial charge is 0.477 e. The molecule has 1 aromatic heterocycles. The van der Waals surface area contributed by atoms with E-state index < -0.39 is 84.0 Å². The molecular formula is C18H17F3N6O8S2. The third kappa shape index (κ3) is 6.73. The fraction of sp³-hybridized carbons (Fsp3) is 0.444. The average Bonchev–Trinajstić information content (AvgIpc) is 3.22. The lowest BCUT2D eigenvalue weighted by molar-refractivity contribution is -0.174. The van der Waals surface area contributed by atoms with E-state index >= 15 is 0 Å². The van der Waals surface area contributed by atoms with Gasteiger partial charge >= 0.3 is 18.1 Å². The third-order valence-corrected chi connectivity index (χ3v) is 6.47. The lowest BCUT2D eigenvalue weighted by Crippen LogP contribution is -2.71. The molecule has 0 bridgehead atoms. The molecule has 0 spiro atoms. The molecule has 4 N–H and O–H groups in total. The zero-order valence-electron chi connectivity index (χ0n) is 18.6. The van der Waals surface area contributed by atoms with Crippen molar-refractivity contribution in [2.75, 3.05) is 24.7 Å². The number of nitrogens with one attached hydrogen (secondary N) is 1. The molecule has 0 radical (unpaired) electrons. The van der Waals surface area contributed by atoms with Gasteiger partial charge in [-0.1, -0.05) is 5.16 Å². The number of ketones is 1. The van der Waals surface area contributed by atoms with Crippen LogP contribution in [0.3, 0.4) is 0 Å². The number of hydrogen-bond acceptors (Lipinski definition) is 13. The van der Waals surface area contributed by atoms with E-state index in [1.165, 1.54) is 6.92 Å². The molecule has 2 aliphatic heterocycles. The lowest BCUT2D eigenvalue weighted by Gasteiger charge is -2.49. The number of rotatable bonds is 10. The topological polar surface area (TPSA) is 203 Å². The van der Waals surface area contributed by atoms with Crippen molar-refractivity contribution in [1.82, 2.24) is 19.6 Å². The van der Waals surface area contributed by atoms with Gasteiger partial charge in [-0.3, -0.25) is 24.1 Å².